The van der Waals surface area contributed by atoms with E-state index in [4.69, 9.17) is 5.26 Å². The summed E-state index contributed by atoms with van der Waals surface area (Å²) in [5, 5.41) is 10.8. The van der Waals surface area contributed by atoms with Gasteiger partial charge in [0, 0.05) is 18.4 Å². The third-order valence-corrected chi connectivity index (χ3v) is 1.47. The van der Waals surface area contributed by atoms with Crippen LogP contribution in [0, 0.1) is 11.3 Å². The molecule has 4 heteroatoms. The zero-order chi connectivity index (χ0) is 8.27. The van der Waals surface area contributed by atoms with Gasteiger partial charge in [0.2, 0.25) is 0 Å². The molecule has 1 aromatic heterocycles. The number of nitrogens with zero attached hydrogens (tertiary/aromatic N) is 1. The molecule has 1 rings (SSSR count). The molecule has 1 aromatic rings. The minimum Gasteiger partial charge on any atom is -0.339 e. The number of nitriles is 1. The fraction of sp³-hybridized carbons (Fsp3) is 0.429. The molecule has 1 heterocycles. The van der Waals surface area contributed by atoms with Gasteiger partial charge < -0.3 is 4.52 Å². The number of aromatic amines is 1. The summed E-state index contributed by atoms with van der Waals surface area (Å²) in [6.07, 6.45) is 0.384. The van der Waals surface area contributed by atoms with Crippen molar-refractivity contribution >= 4 is 0 Å². The number of rotatable bonds is 2. The first-order valence-corrected chi connectivity index (χ1v) is 3.29. The standard InChI is InChI=1S/C7H8N2O2/c1-5(2-3-8)6-4-7(10)11-9-6/h4-5,9H,2H2,1H3. The summed E-state index contributed by atoms with van der Waals surface area (Å²) in [6.45, 7) is 1.85. The molecule has 0 aliphatic rings. The Balaban J connectivity index is 2.78. The number of H-pyrrole nitrogens is 1. The molecule has 0 spiro atoms. The van der Waals surface area contributed by atoms with Crippen LogP contribution in [-0.2, 0) is 0 Å². The Morgan fingerprint density at radius 1 is 1.91 bits per heavy atom. The van der Waals surface area contributed by atoms with E-state index < -0.39 is 5.63 Å². The maximum Gasteiger partial charge on any atom is 0.357 e. The molecule has 4 nitrogen and oxygen atoms in total. The number of hydrogen-bond donors (Lipinski definition) is 1. The van der Waals surface area contributed by atoms with Crippen LogP contribution in [0.1, 0.15) is 25.0 Å². The van der Waals surface area contributed by atoms with Gasteiger partial charge in [0.1, 0.15) is 0 Å². The maximum atomic E-state index is 10.5. The minimum absolute atomic E-state index is 0.0337. The van der Waals surface area contributed by atoms with Crippen molar-refractivity contribution in [3.8, 4) is 6.07 Å². The molecule has 0 bridgehead atoms. The van der Waals surface area contributed by atoms with Crippen LogP contribution >= 0.6 is 0 Å². The Bertz CT molecular complexity index is 318. The second-order valence-electron chi connectivity index (χ2n) is 2.39. The Morgan fingerprint density at radius 3 is 3.09 bits per heavy atom. The van der Waals surface area contributed by atoms with Crippen molar-refractivity contribution in [3.63, 3.8) is 0 Å². The van der Waals surface area contributed by atoms with E-state index in [2.05, 4.69) is 9.68 Å². The van der Waals surface area contributed by atoms with Crippen LogP contribution in [-0.4, -0.2) is 5.16 Å². The van der Waals surface area contributed by atoms with Crippen LogP contribution in [0.5, 0.6) is 0 Å². The van der Waals surface area contributed by atoms with Gasteiger partial charge in [-0.3, -0.25) is 0 Å². The Kier molecular flexibility index (Phi) is 2.12. The summed E-state index contributed by atoms with van der Waals surface area (Å²) < 4.78 is 4.44. The third kappa shape index (κ3) is 1.71. The van der Waals surface area contributed by atoms with Crippen molar-refractivity contribution in [2.45, 2.75) is 19.3 Å². The fourth-order valence-electron chi connectivity index (χ4n) is 0.785. The highest BCUT2D eigenvalue weighted by molar-refractivity contribution is 5.04. The smallest absolute Gasteiger partial charge is 0.339 e. The third-order valence-electron chi connectivity index (χ3n) is 1.47. The molecule has 58 valence electrons. The molecule has 0 aromatic carbocycles. The largest absolute Gasteiger partial charge is 0.357 e. The lowest BCUT2D eigenvalue weighted by molar-refractivity contribution is 0.381. The topological polar surface area (TPSA) is 69.8 Å². The zero-order valence-electron chi connectivity index (χ0n) is 6.13. The first kappa shape index (κ1) is 7.61. The van der Waals surface area contributed by atoms with Gasteiger partial charge in [-0.05, 0) is 0 Å². The SMILES string of the molecule is CC(CC#N)c1cc(=O)o[nH]1. The predicted octanol–water partition coefficient (Wildman–Crippen LogP) is 0.985. The van der Waals surface area contributed by atoms with Gasteiger partial charge in [0.05, 0.1) is 11.8 Å². The Hall–Kier alpha value is -1.50. The number of nitrogens with one attached hydrogen (secondary N) is 1. The molecule has 11 heavy (non-hydrogen) atoms. The predicted molar refractivity (Wildman–Crippen MR) is 38.0 cm³/mol. The summed E-state index contributed by atoms with van der Waals surface area (Å²) in [5.74, 6) is 0.0337. The molecular formula is C7H8N2O2. The van der Waals surface area contributed by atoms with E-state index in [-0.39, 0.29) is 5.92 Å². The normalized spacial score (nSPS) is 12.4. The quantitative estimate of drug-likeness (QED) is 0.686. The fourth-order valence-corrected chi connectivity index (χ4v) is 0.785. The Labute approximate surface area is 63.4 Å². The van der Waals surface area contributed by atoms with Gasteiger partial charge in [-0.1, -0.05) is 6.92 Å². The summed E-state index contributed by atoms with van der Waals surface area (Å²) in [7, 11) is 0. The van der Waals surface area contributed by atoms with Crippen LogP contribution in [0.4, 0.5) is 0 Å². The lowest BCUT2D eigenvalue weighted by Crippen LogP contribution is -1.92. The lowest BCUT2D eigenvalue weighted by atomic mass is 10.1. The van der Waals surface area contributed by atoms with Crippen molar-refractivity contribution in [2.24, 2.45) is 0 Å². The minimum atomic E-state index is -0.398. The van der Waals surface area contributed by atoms with Crippen LogP contribution in [0.2, 0.25) is 0 Å². The summed E-state index contributed by atoms with van der Waals surface area (Å²) >= 11 is 0. The van der Waals surface area contributed by atoms with E-state index in [9.17, 15) is 4.79 Å². The highest BCUT2D eigenvalue weighted by Crippen LogP contribution is 2.13. The van der Waals surface area contributed by atoms with Gasteiger partial charge in [-0.15, -0.1) is 0 Å². The maximum absolute atomic E-state index is 10.5. The molecule has 1 unspecified atom stereocenters. The average molecular weight is 152 g/mol. The van der Waals surface area contributed by atoms with E-state index in [0.29, 0.717) is 12.1 Å². The number of aromatic nitrogens is 1. The lowest BCUT2D eigenvalue weighted by Gasteiger charge is -1.99. The average Bonchev–Trinajstić information content (AvgIpc) is 2.36. The van der Waals surface area contributed by atoms with E-state index >= 15 is 0 Å². The van der Waals surface area contributed by atoms with E-state index in [1.54, 1.807) is 0 Å². The van der Waals surface area contributed by atoms with Crippen LogP contribution in [0.25, 0.3) is 0 Å². The van der Waals surface area contributed by atoms with Gasteiger partial charge in [-0.25, -0.2) is 9.95 Å². The van der Waals surface area contributed by atoms with Gasteiger partial charge in [0.25, 0.3) is 0 Å². The molecule has 0 saturated heterocycles. The van der Waals surface area contributed by atoms with Crippen molar-refractivity contribution in [3.05, 3.63) is 22.2 Å². The molecule has 0 aliphatic heterocycles. The molecule has 0 fully saturated rings. The second-order valence-corrected chi connectivity index (χ2v) is 2.39. The summed E-state index contributed by atoms with van der Waals surface area (Å²) in [4.78, 5) is 10.5. The first-order chi connectivity index (χ1) is 5.24. The van der Waals surface area contributed by atoms with Crippen LogP contribution in [0.3, 0.4) is 0 Å². The van der Waals surface area contributed by atoms with Crippen LogP contribution < -0.4 is 5.63 Å². The monoisotopic (exact) mass is 152 g/mol. The van der Waals surface area contributed by atoms with Crippen molar-refractivity contribution in [1.82, 2.24) is 5.16 Å². The molecule has 0 amide bonds. The number of hydrogen-bond acceptors (Lipinski definition) is 3. The van der Waals surface area contributed by atoms with Crippen molar-refractivity contribution in [1.29, 1.82) is 5.26 Å². The Morgan fingerprint density at radius 2 is 2.64 bits per heavy atom. The molecule has 1 N–H and O–H groups in total. The highest BCUT2D eigenvalue weighted by atomic mass is 16.5. The first-order valence-electron chi connectivity index (χ1n) is 3.29. The molecule has 1 atom stereocenters. The zero-order valence-corrected chi connectivity index (χ0v) is 6.13. The molecule has 0 aliphatic carbocycles. The van der Waals surface area contributed by atoms with Gasteiger partial charge in [-0.2, -0.15) is 5.26 Å². The summed E-state index contributed by atoms with van der Waals surface area (Å²) in [6, 6.07) is 3.37. The van der Waals surface area contributed by atoms with Crippen molar-refractivity contribution in [2.75, 3.05) is 0 Å². The van der Waals surface area contributed by atoms with Gasteiger partial charge >= 0.3 is 5.63 Å². The highest BCUT2D eigenvalue weighted by Gasteiger charge is 2.07. The summed E-state index contributed by atoms with van der Waals surface area (Å²) in [5.41, 5.74) is 0.279. The van der Waals surface area contributed by atoms with Crippen molar-refractivity contribution < 1.29 is 4.52 Å². The molecular weight excluding hydrogens is 144 g/mol. The van der Waals surface area contributed by atoms with E-state index in [1.165, 1.54) is 6.07 Å². The van der Waals surface area contributed by atoms with E-state index in [1.807, 2.05) is 13.0 Å². The van der Waals surface area contributed by atoms with Crippen LogP contribution in [0.15, 0.2) is 15.4 Å². The second kappa shape index (κ2) is 3.06. The van der Waals surface area contributed by atoms with E-state index in [0.717, 1.165) is 0 Å². The molecule has 0 radical (unpaired) electrons. The molecule has 0 saturated carbocycles. The van der Waals surface area contributed by atoms with Gasteiger partial charge in [0.15, 0.2) is 0 Å².